The summed E-state index contributed by atoms with van der Waals surface area (Å²) in [7, 11) is 0. The average molecular weight is 879 g/mol. The predicted octanol–water partition coefficient (Wildman–Crippen LogP) is 5.86. The Morgan fingerprint density at radius 3 is 1.48 bits per heavy atom. The van der Waals surface area contributed by atoms with Crippen molar-refractivity contribution in [2.24, 2.45) is 11.8 Å². The van der Waals surface area contributed by atoms with Crippen LogP contribution in [-0.2, 0) is 42.8 Å². The smallest absolute Gasteiger partial charge is 0.316 e. The zero-order chi connectivity index (χ0) is 43.8. The number of rotatable bonds is 10. The van der Waals surface area contributed by atoms with Gasteiger partial charge in [-0.2, -0.15) is 0 Å². The van der Waals surface area contributed by atoms with Crippen LogP contribution in [0.4, 0.5) is 0 Å². The predicted molar refractivity (Wildman–Crippen MR) is 233 cm³/mol. The van der Waals surface area contributed by atoms with Gasteiger partial charge in [0, 0.05) is 58.9 Å². The fourth-order valence-electron chi connectivity index (χ4n) is 13.1. The van der Waals surface area contributed by atoms with Gasteiger partial charge in [-0.3, -0.25) is 29.0 Å². The van der Waals surface area contributed by atoms with Crippen LogP contribution in [-0.4, -0.2) is 105 Å². The van der Waals surface area contributed by atoms with E-state index in [-0.39, 0.29) is 60.8 Å². The molecule has 63 heavy (non-hydrogen) atoms. The van der Waals surface area contributed by atoms with E-state index < -0.39 is 46.2 Å². The second-order valence-electron chi connectivity index (χ2n) is 20.3. The molecule has 0 bridgehead atoms. The van der Waals surface area contributed by atoms with E-state index in [9.17, 15) is 29.4 Å². The molecule has 0 radical (unpaired) electrons. The lowest BCUT2D eigenvalue weighted by Crippen LogP contribution is -2.74. The number of hydrogen-bond donors (Lipinski definition) is 2. The molecule has 0 unspecified atom stereocenters. The van der Waals surface area contributed by atoms with Crippen molar-refractivity contribution >= 4 is 34.8 Å². The second kappa shape index (κ2) is 14.7. The fourth-order valence-corrected chi connectivity index (χ4v) is 14.1. The number of hydrogen-bond acceptors (Lipinski definition) is 13. The Kier molecular flexibility index (Phi) is 9.69. The summed E-state index contributed by atoms with van der Waals surface area (Å²) in [4.78, 5) is 60.6. The highest BCUT2D eigenvalue weighted by Crippen LogP contribution is 2.64. The Morgan fingerprint density at radius 1 is 0.667 bits per heavy atom. The van der Waals surface area contributed by atoms with Crippen LogP contribution in [0.15, 0.2) is 36.4 Å². The van der Waals surface area contributed by atoms with Crippen LogP contribution in [0.2, 0.25) is 0 Å². The second-order valence-corrected chi connectivity index (χ2v) is 21.5. The maximum atomic E-state index is 13.6. The Bertz CT molecular complexity index is 2280. The third-order valence-electron chi connectivity index (χ3n) is 16.8. The summed E-state index contributed by atoms with van der Waals surface area (Å²) < 4.78 is 25.0. The molecule has 13 heteroatoms. The normalized spacial score (nSPS) is 34.4. The van der Waals surface area contributed by atoms with Crippen molar-refractivity contribution in [2.75, 3.05) is 26.2 Å². The maximum Gasteiger partial charge on any atom is 0.316 e. The number of esters is 2. The van der Waals surface area contributed by atoms with E-state index >= 15 is 0 Å². The number of nitrogens with zero attached hydrogens (tertiary/aromatic N) is 2. The first-order chi connectivity index (χ1) is 30.2. The van der Waals surface area contributed by atoms with Crippen LogP contribution in [0.1, 0.15) is 110 Å². The molecule has 4 aliphatic carbocycles. The number of benzene rings is 2. The highest BCUT2D eigenvalue weighted by molar-refractivity contribution is 7.12. The monoisotopic (exact) mass is 878 g/mol. The number of likely N-dealkylation sites (tertiary alicyclic amines) is 2. The van der Waals surface area contributed by atoms with Gasteiger partial charge in [0.2, 0.25) is 0 Å². The number of aryl methyl sites for hydroxylation is 2. The molecule has 4 saturated carbocycles. The van der Waals surface area contributed by atoms with Crippen LogP contribution in [0.5, 0.6) is 23.0 Å². The van der Waals surface area contributed by atoms with Crippen LogP contribution in [0.3, 0.4) is 0 Å². The van der Waals surface area contributed by atoms with E-state index in [1.165, 1.54) is 37.0 Å². The first-order valence-electron chi connectivity index (χ1n) is 23.3. The Balaban J connectivity index is 0.786. The van der Waals surface area contributed by atoms with E-state index in [1.54, 1.807) is 24.3 Å². The summed E-state index contributed by atoms with van der Waals surface area (Å²) >= 11 is 1.32. The van der Waals surface area contributed by atoms with Crippen molar-refractivity contribution in [3.8, 4) is 23.0 Å². The number of Topliss-reactive ketones (excluding diaryl/α,β-unsaturated/α-hetero) is 2. The minimum absolute atomic E-state index is 0.0337. The van der Waals surface area contributed by atoms with Gasteiger partial charge in [0.15, 0.2) is 46.8 Å². The first kappa shape index (κ1) is 41.6. The molecule has 3 aromatic rings. The number of ketones is 2. The molecule has 2 N–H and O–H groups in total. The van der Waals surface area contributed by atoms with E-state index in [2.05, 4.69) is 23.6 Å². The Hall–Kier alpha value is -4.14. The number of thiophene rings is 1. The SMILES string of the molecule is Cc1ccc(OC(=O)Cc2ccc(CC(=O)Oc3ccc(C)c4c3O[C@H]3C(=O)CC[C@@]5(O)[C@@H](C)N(CC6CC6)CC[C@]435)s2)c2c1[C@]13CCN(CC4CC4)[C@H](C)[C@]1(O)CCC(=O)[C@@H]3O2. The molecule has 6 fully saturated rings. The minimum atomic E-state index is -1.19. The molecule has 0 amide bonds. The number of aliphatic hydroxyl groups is 2. The quantitative estimate of drug-likeness (QED) is 0.186. The lowest BCUT2D eigenvalue weighted by molar-refractivity contribution is -0.181. The molecule has 8 aliphatic rings. The van der Waals surface area contributed by atoms with Crippen molar-refractivity contribution in [1.82, 2.24) is 9.80 Å². The number of ether oxygens (including phenoxy) is 4. The van der Waals surface area contributed by atoms with Gasteiger partial charge >= 0.3 is 11.9 Å². The fraction of sp³-hybridized carbons (Fsp3) is 0.600. The van der Waals surface area contributed by atoms with Gasteiger partial charge in [0.25, 0.3) is 0 Å². The topological polar surface area (TPSA) is 152 Å². The van der Waals surface area contributed by atoms with Crippen LogP contribution in [0.25, 0.3) is 0 Å². The number of piperidine rings is 2. The standard InChI is InChI=1S/C50H58N2O10S/c1-27-5-13-37(43-41(27)47-19-21-51(25-31-7-8-31)29(3)49(47,57)17-15-35(53)45(47)61-43)59-39(55)23-33-11-12-34(63-33)24-40(56)60-38-14-6-28(2)42-44(38)62-46-36(54)16-18-50(58)30(4)52(26-32-9-10-32)22-20-48(42,46)50/h5-6,11-14,29-32,45-46,57-58H,7-10,15-26H2,1-4H3/t29-,30-,45+,46+,47+,48+,49-,50-/m1/s1. The van der Waals surface area contributed by atoms with Crippen LogP contribution < -0.4 is 18.9 Å². The van der Waals surface area contributed by atoms with Gasteiger partial charge in [-0.25, -0.2) is 0 Å². The minimum Gasteiger partial charge on any atom is -0.477 e. The largest absolute Gasteiger partial charge is 0.477 e. The molecule has 5 heterocycles. The molecular weight excluding hydrogens is 821 g/mol. The van der Waals surface area contributed by atoms with Crippen molar-refractivity contribution in [3.63, 3.8) is 0 Å². The van der Waals surface area contributed by atoms with Gasteiger partial charge in [-0.05, 0) is 139 Å². The summed E-state index contributed by atoms with van der Waals surface area (Å²) in [6.45, 7) is 11.5. The Labute approximate surface area is 372 Å². The van der Waals surface area contributed by atoms with Gasteiger partial charge in [-0.15, -0.1) is 11.3 Å². The summed E-state index contributed by atoms with van der Waals surface area (Å²) in [5, 5.41) is 25.4. The summed E-state index contributed by atoms with van der Waals surface area (Å²) in [5.74, 6) is 1.44. The summed E-state index contributed by atoms with van der Waals surface area (Å²) in [6, 6.07) is 10.5. The number of carbonyl (C=O) groups is 4. The number of carbonyl (C=O) groups excluding carboxylic acids is 4. The van der Waals surface area contributed by atoms with E-state index in [0.29, 0.717) is 58.8 Å². The molecule has 1 aromatic heterocycles. The average Bonchev–Trinajstić information content (AvgIpc) is 4.14. The third kappa shape index (κ3) is 6.18. The van der Waals surface area contributed by atoms with Crippen molar-refractivity contribution < 1.29 is 48.3 Å². The first-order valence-corrected chi connectivity index (χ1v) is 24.1. The molecule has 8 atom stereocenters. The van der Waals surface area contributed by atoms with Crippen molar-refractivity contribution in [2.45, 2.75) is 151 Å². The zero-order valence-electron chi connectivity index (χ0n) is 36.7. The molecule has 11 rings (SSSR count). The van der Waals surface area contributed by atoms with Crippen LogP contribution in [0, 0.1) is 25.7 Å². The van der Waals surface area contributed by atoms with Gasteiger partial charge in [-0.1, -0.05) is 12.1 Å². The number of fused-ring (bicyclic) bond motifs is 2. The van der Waals surface area contributed by atoms with Gasteiger partial charge < -0.3 is 29.2 Å². The van der Waals surface area contributed by atoms with Gasteiger partial charge in [0.05, 0.1) is 34.9 Å². The van der Waals surface area contributed by atoms with E-state index in [4.69, 9.17) is 18.9 Å². The highest BCUT2D eigenvalue weighted by atomic mass is 32.1. The third-order valence-corrected chi connectivity index (χ3v) is 17.9. The molecule has 4 aliphatic heterocycles. The molecule has 334 valence electrons. The van der Waals surface area contributed by atoms with Gasteiger partial charge in [0.1, 0.15) is 0 Å². The summed E-state index contributed by atoms with van der Waals surface area (Å²) in [5.41, 5.74) is -0.904. The molecular formula is C50H58N2O10S. The molecule has 2 saturated heterocycles. The highest BCUT2D eigenvalue weighted by Gasteiger charge is 2.72. The van der Waals surface area contributed by atoms with Crippen molar-refractivity contribution in [3.05, 3.63) is 68.4 Å². The molecule has 12 nitrogen and oxygen atoms in total. The maximum absolute atomic E-state index is 13.6. The lowest BCUT2D eigenvalue weighted by Gasteiger charge is -2.59. The van der Waals surface area contributed by atoms with Crippen LogP contribution >= 0.6 is 11.3 Å². The Morgan fingerprint density at radius 2 is 1.08 bits per heavy atom. The molecule has 2 spiro atoms. The zero-order valence-corrected chi connectivity index (χ0v) is 37.5. The van der Waals surface area contributed by atoms with E-state index in [1.807, 2.05) is 26.0 Å². The van der Waals surface area contributed by atoms with E-state index in [0.717, 1.165) is 48.4 Å². The van der Waals surface area contributed by atoms with Crippen molar-refractivity contribution in [1.29, 1.82) is 0 Å². The molecule has 2 aromatic carbocycles. The lowest BCUT2D eigenvalue weighted by atomic mass is 9.52. The summed E-state index contributed by atoms with van der Waals surface area (Å²) in [6.07, 6.45) is 5.39.